The fourth-order valence-electron chi connectivity index (χ4n) is 3.11. The average molecular weight is 397 g/mol. The van der Waals surface area contributed by atoms with E-state index in [2.05, 4.69) is 20.1 Å². The summed E-state index contributed by atoms with van der Waals surface area (Å²) in [4.78, 5) is 15.8. The van der Waals surface area contributed by atoms with Gasteiger partial charge in [0.1, 0.15) is 0 Å². The molecule has 2 N–H and O–H groups in total. The lowest BCUT2D eigenvalue weighted by atomic mass is 10.1. The number of sulfonamides is 1. The molecule has 1 aliphatic heterocycles. The van der Waals surface area contributed by atoms with Crippen molar-refractivity contribution in [2.24, 2.45) is 0 Å². The molecule has 3 aromatic rings. The van der Waals surface area contributed by atoms with E-state index in [0.29, 0.717) is 37.2 Å². The standard InChI is InChI=1S/C19H19N5O3S/c25-19-3-1-2-15-10-17(4-5-18(15)22-19)28(26,27)23-16-11-21-24(13-16)12-14-6-8-20-9-7-14/h4-11,13,23H,1-3,12H2,(H,22,25). The minimum absolute atomic E-state index is 0.0471. The van der Waals surface area contributed by atoms with E-state index in [9.17, 15) is 13.2 Å². The Kier molecular flexibility index (Phi) is 4.82. The molecule has 0 saturated carbocycles. The zero-order valence-electron chi connectivity index (χ0n) is 15.0. The highest BCUT2D eigenvalue weighted by atomic mass is 32.2. The second-order valence-electron chi connectivity index (χ2n) is 6.61. The number of carbonyl (C=O) groups excluding carboxylic acids is 1. The van der Waals surface area contributed by atoms with Crippen LogP contribution in [0.5, 0.6) is 0 Å². The van der Waals surface area contributed by atoms with E-state index in [1.54, 1.807) is 35.4 Å². The van der Waals surface area contributed by atoms with Gasteiger partial charge in [-0.2, -0.15) is 5.10 Å². The Balaban J connectivity index is 1.52. The van der Waals surface area contributed by atoms with E-state index in [4.69, 9.17) is 0 Å². The second-order valence-corrected chi connectivity index (χ2v) is 8.29. The molecule has 0 atom stereocenters. The fraction of sp³-hybridized carbons (Fsp3) is 0.211. The molecule has 2 aromatic heterocycles. The fourth-order valence-corrected chi connectivity index (χ4v) is 4.19. The van der Waals surface area contributed by atoms with Crippen LogP contribution in [0, 0.1) is 0 Å². The minimum atomic E-state index is -3.76. The average Bonchev–Trinajstić information content (AvgIpc) is 3.00. The number of nitrogens with one attached hydrogen (secondary N) is 2. The Morgan fingerprint density at radius 2 is 1.96 bits per heavy atom. The summed E-state index contributed by atoms with van der Waals surface area (Å²) in [6.07, 6.45) is 8.29. The van der Waals surface area contributed by atoms with Gasteiger partial charge in [-0.3, -0.25) is 19.2 Å². The van der Waals surface area contributed by atoms with Crippen molar-refractivity contribution in [1.82, 2.24) is 14.8 Å². The van der Waals surface area contributed by atoms with Gasteiger partial charge in [0, 0.05) is 30.7 Å². The normalized spacial score (nSPS) is 14.1. The monoisotopic (exact) mass is 397 g/mol. The van der Waals surface area contributed by atoms with E-state index < -0.39 is 10.0 Å². The zero-order valence-corrected chi connectivity index (χ0v) is 15.8. The maximum atomic E-state index is 12.8. The number of carbonyl (C=O) groups is 1. The first-order valence-electron chi connectivity index (χ1n) is 8.86. The Bertz CT molecular complexity index is 1110. The lowest BCUT2D eigenvalue weighted by molar-refractivity contribution is -0.116. The van der Waals surface area contributed by atoms with Gasteiger partial charge in [0.2, 0.25) is 5.91 Å². The summed E-state index contributed by atoms with van der Waals surface area (Å²) in [6, 6.07) is 8.50. The van der Waals surface area contributed by atoms with E-state index >= 15 is 0 Å². The third-order valence-corrected chi connectivity index (χ3v) is 5.87. The Hall–Kier alpha value is -3.20. The molecular weight excluding hydrogens is 378 g/mol. The maximum absolute atomic E-state index is 12.8. The first kappa shape index (κ1) is 18.2. The molecule has 0 spiro atoms. The molecule has 8 nitrogen and oxygen atoms in total. The molecule has 144 valence electrons. The number of aryl methyl sites for hydroxylation is 1. The molecule has 9 heteroatoms. The third kappa shape index (κ3) is 4.04. The van der Waals surface area contributed by atoms with Gasteiger partial charge < -0.3 is 5.32 Å². The number of nitrogens with zero attached hydrogens (tertiary/aromatic N) is 3. The Morgan fingerprint density at radius 1 is 1.14 bits per heavy atom. The summed E-state index contributed by atoms with van der Waals surface area (Å²) >= 11 is 0. The summed E-state index contributed by atoms with van der Waals surface area (Å²) in [6.45, 7) is 0.517. The molecule has 0 saturated heterocycles. The molecule has 4 rings (SSSR count). The first-order valence-corrected chi connectivity index (χ1v) is 10.3. The van der Waals surface area contributed by atoms with Crippen LogP contribution >= 0.6 is 0 Å². The number of amides is 1. The van der Waals surface area contributed by atoms with Gasteiger partial charge in [0.15, 0.2) is 0 Å². The smallest absolute Gasteiger partial charge is 0.262 e. The van der Waals surface area contributed by atoms with Crippen LogP contribution in [0.15, 0.2) is 60.0 Å². The van der Waals surface area contributed by atoms with Gasteiger partial charge in [0.05, 0.1) is 23.3 Å². The van der Waals surface area contributed by atoms with Crippen molar-refractivity contribution >= 4 is 27.3 Å². The van der Waals surface area contributed by atoms with Crippen molar-refractivity contribution in [3.63, 3.8) is 0 Å². The molecule has 1 aliphatic rings. The van der Waals surface area contributed by atoms with Crippen LogP contribution in [-0.2, 0) is 27.8 Å². The number of hydrogen-bond acceptors (Lipinski definition) is 5. The number of anilines is 2. The van der Waals surface area contributed by atoms with Crippen molar-refractivity contribution in [2.75, 3.05) is 10.0 Å². The number of benzene rings is 1. The van der Waals surface area contributed by atoms with Gasteiger partial charge in [0.25, 0.3) is 10.0 Å². The molecule has 1 aromatic carbocycles. The van der Waals surface area contributed by atoms with Crippen LogP contribution in [0.25, 0.3) is 0 Å². The van der Waals surface area contributed by atoms with E-state index in [1.165, 1.54) is 12.3 Å². The minimum Gasteiger partial charge on any atom is -0.326 e. The predicted molar refractivity (Wildman–Crippen MR) is 104 cm³/mol. The molecule has 0 fully saturated rings. The lowest BCUT2D eigenvalue weighted by Crippen LogP contribution is -2.14. The number of rotatable bonds is 5. The summed E-state index contributed by atoms with van der Waals surface area (Å²) in [5.41, 5.74) is 2.89. The second kappa shape index (κ2) is 7.43. The van der Waals surface area contributed by atoms with Crippen LogP contribution in [0.3, 0.4) is 0 Å². The molecule has 28 heavy (non-hydrogen) atoms. The summed E-state index contributed by atoms with van der Waals surface area (Å²) in [5, 5.41) is 7.01. The largest absolute Gasteiger partial charge is 0.326 e. The number of hydrogen-bond donors (Lipinski definition) is 2. The SMILES string of the molecule is O=C1CCCc2cc(S(=O)(=O)Nc3cnn(Cc4ccncc4)c3)ccc2N1. The van der Waals surface area contributed by atoms with Crippen molar-refractivity contribution in [3.8, 4) is 0 Å². The topological polar surface area (TPSA) is 106 Å². The van der Waals surface area contributed by atoms with Crippen LogP contribution in [-0.4, -0.2) is 29.1 Å². The quantitative estimate of drug-likeness (QED) is 0.688. The number of pyridine rings is 1. The first-order chi connectivity index (χ1) is 13.5. The summed E-state index contributed by atoms with van der Waals surface area (Å²) < 4.78 is 29.7. The van der Waals surface area contributed by atoms with Crippen LogP contribution in [0.1, 0.15) is 24.0 Å². The molecule has 3 heterocycles. The maximum Gasteiger partial charge on any atom is 0.262 e. The van der Waals surface area contributed by atoms with Crippen molar-refractivity contribution in [1.29, 1.82) is 0 Å². The van der Waals surface area contributed by atoms with E-state index in [-0.39, 0.29) is 10.8 Å². The van der Waals surface area contributed by atoms with Gasteiger partial charge >= 0.3 is 0 Å². The van der Waals surface area contributed by atoms with Gasteiger partial charge in [-0.25, -0.2) is 8.42 Å². The molecule has 0 aliphatic carbocycles. The van der Waals surface area contributed by atoms with Crippen molar-refractivity contribution in [2.45, 2.75) is 30.7 Å². The highest BCUT2D eigenvalue weighted by Crippen LogP contribution is 2.26. The number of aromatic nitrogens is 3. The van der Waals surface area contributed by atoms with Gasteiger partial charge in [-0.05, 0) is 54.3 Å². The molecule has 0 unspecified atom stereocenters. The molecule has 0 bridgehead atoms. The predicted octanol–water partition coefficient (Wildman–Crippen LogP) is 2.40. The lowest BCUT2D eigenvalue weighted by Gasteiger charge is -2.10. The van der Waals surface area contributed by atoms with Gasteiger partial charge in [-0.1, -0.05) is 0 Å². The highest BCUT2D eigenvalue weighted by molar-refractivity contribution is 7.92. The zero-order chi connectivity index (χ0) is 19.6. The van der Waals surface area contributed by atoms with Crippen molar-refractivity contribution in [3.05, 3.63) is 66.2 Å². The number of fused-ring (bicyclic) bond motifs is 1. The Morgan fingerprint density at radius 3 is 2.79 bits per heavy atom. The van der Waals surface area contributed by atoms with E-state index in [1.807, 2.05) is 12.1 Å². The van der Waals surface area contributed by atoms with Crippen LogP contribution in [0.2, 0.25) is 0 Å². The summed E-state index contributed by atoms with van der Waals surface area (Å²) in [7, 11) is -3.76. The van der Waals surface area contributed by atoms with Crippen LogP contribution < -0.4 is 10.0 Å². The molecule has 1 amide bonds. The van der Waals surface area contributed by atoms with Crippen molar-refractivity contribution < 1.29 is 13.2 Å². The highest BCUT2D eigenvalue weighted by Gasteiger charge is 2.19. The molecule has 0 radical (unpaired) electrons. The van der Waals surface area contributed by atoms with Crippen LogP contribution in [0.4, 0.5) is 11.4 Å². The van der Waals surface area contributed by atoms with Gasteiger partial charge in [-0.15, -0.1) is 0 Å². The van der Waals surface area contributed by atoms with E-state index in [0.717, 1.165) is 11.1 Å². The summed E-state index contributed by atoms with van der Waals surface area (Å²) in [5.74, 6) is -0.0471. The molecular formula is C19H19N5O3S. The Labute approximate surface area is 162 Å². The third-order valence-electron chi connectivity index (χ3n) is 4.49.